The average Bonchev–Trinajstić information content (AvgIpc) is 2.45. The van der Waals surface area contributed by atoms with Crippen LogP contribution in [-0.4, -0.2) is 53.3 Å². The quantitative estimate of drug-likeness (QED) is 0.640. The summed E-state index contributed by atoms with van der Waals surface area (Å²) in [7, 11) is 1.51. The number of anilines is 2. The second kappa shape index (κ2) is 6.10. The Hall–Kier alpha value is -1.80. The molecule has 4 N–H and O–H groups in total. The number of nitrogens with two attached hydrogens (primary N) is 1. The monoisotopic (exact) mass is 283 g/mol. The highest BCUT2D eigenvalue weighted by molar-refractivity contribution is 5.60. The molecule has 1 aromatic rings. The van der Waals surface area contributed by atoms with Crippen molar-refractivity contribution in [3.8, 4) is 0 Å². The van der Waals surface area contributed by atoms with Gasteiger partial charge in [0.05, 0.1) is 12.7 Å². The SMILES string of the molecule is CCN1CCOC(CNc2c(N)n(C)c(=O)[nH]c2=O)C1. The third-order valence-electron chi connectivity index (χ3n) is 3.55. The zero-order valence-corrected chi connectivity index (χ0v) is 11.8. The topological polar surface area (TPSA) is 105 Å². The number of ether oxygens (including phenoxy) is 1. The van der Waals surface area contributed by atoms with Crippen LogP contribution >= 0.6 is 0 Å². The van der Waals surface area contributed by atoms with Crippen LogP contribution in [-0.2, 0) is 11.8 Å². The van der Waals surface area contributed by atoms with Crippen LogP contribution in [0.1, 0.15) is 6.92 Å². The molecule has 1 aromatic heterocycles. The van der Waals surface area contributed by atoms with Crippen molar-refractivity contribution in [1.29, 1.82) is 0 Å². The Kier molecular flexibility index (Phi) is 4.46. The van der Waals surface area contributed by atoms with Crippen LogP contribution in [0.3, 0.4) is 0 Å². The number of aromatic amines is 1. The van der Waals surface area contributed by atoms with E-state index in [-0.39, 0.29) is 17.6 Å². The van der Waals surface area contributed by atoms with E-state index in [1.807, 2.05) is 0 Å². The molecule has 8 nitrogen and oxygen atoms in total. The molecule has 1 fully saturated rings. The van der Waals surface area contributed by atoms with E-state index in [0.717, 1.165) is 19.6 Å². The van der Waals surface area contributed by atoms with Crippen molar-refractivity contribution in [2.75, 3.05) is 43.8 Å². The Morgan fingerprint density at radius 3 is 2.95 bits per heavy atom. The maximum absolute atomic E-state index is 11.7. The van der Waals surface area contributed by atoms with E-state index >= 15 is 0 Å². The summed E-state index contributed by atoms with van der Waals surface area (Å²) in [6.45, 7) is 5.97. The Morgan fingerprint density at radius 2 is 2.25 bits per heavy atom. The first-order chi connectivity index (χ1) is 9.52. The molecule has 0 bridgehead atoms. The van der Waals surface area contributed by atoms with E-state index in [1.165, 1.54) is 11.6 Å². The Labute approximate surface area is 116 Å². The fraction of sp³-hybridized carbons (Fsp3) is 0.667. The molecule has 0 radical (unpaired) electrons. The minimum Gasteiger partial charge on any atom is -0.383 e. The minimum absolute atomic E-state index is 0.000246. The van der Waals surface area contributed by atoms with E-state index < -0.39 is 11.2 Å². The fourth-order valence-electron chi connectivity index (χ4n) is 2.21. The van der Waals surface area contributed by atoms with Gasteiger partial charge in [0.1, 0.15) is 11.5 Å². The van der Waals surface area contributed by atoms with Gasteiger partial charge in [0.25, 0.3) is 5.56 Å². The molecule has 0 amide bonds. The van der Waals surface area contributed by atoms with Crippen LogP contribution in [0.4, 0.5) is 11.5 Å². The number of H-pyrrole nitrogens is 1. The predicted molar refractivity (Wildman–Crippen MR) is 77.1 cm³/mol. The van der Waals surface area contributed by atoms with Crippen LogP contribution in [0.25, 0.3) is 0 Å². The van der Waals surface area contributed by atoms with Crippen LogP contribution in [0.5, 0.6) is 0 Å². The summed E-state index contributed by atoms with van der Waals surface area (Å²) in [4.78, 5) is 27.6. The first-order valence-electron chi connectivity index (χ1n) is 6.69. The van der Waals surface area contributed by atoms with Gasteiger partial charge in [-0.15, -0.1) is 0 Å². The van der Waals surface area contributed by atoms with Crippen LogP contribution in [0.2, 0.25) is 0 Å². The lowest BCUT2D eigenvalue weighted by Gasteiger charge is -2.32. The highest BCUT2D eigenvalue weighted by Gasteiger charge is 2.20. The molecule has 1 aliphatic heterocycles. The van der Waals surface area contributed by atoms with E-state index in [0.29, 0.717) is 13.2 Å². The molecule has 20 heavy (non-hydrogen) atoms. The summed E-state index contributed by atoms with van der Waals surface area (Å²) >= 11 is 0. The summed E-state index contributed by atoms with van der Waals surface area (Å²) in [6.07, 6.45) is -0.000246. The van der Waals surface area contributed by atoms with Gasteiger partial charge in [-0.2, -0.15) is 0 Å². The second-order valence-corrected chi connectivity index (χ2v) is 4.85. The number of nitrogens with one attached hydrogen (secondary N) is 2. The number of hydrogen-bond donors (Lipinski definition) is 3. The first kappa shape index (κ1) is 14.6. The summed E-state index contributed by atoms with van der Waals surface area (Å²) in [6, 6.07) is 0. The van der Waals surface area contributed by atoms with Crippen molar-refractivity contribution in [2.24, 2.45) is 7.05 Å². The Balaban J connectivity index is 2.06. The molecule has 1 atom stereocenters. The highest BCUT2D eigenvalue weighted by Crippen LogP contribution is 2.10. The minimum atomic E-state index is -0.524. The van der Waals surface area contributed by atoms with Crippen LogP contribution in [0.15, 0.2) is 9.59 Å². The van der Waals surface area contributed by atoms with Gasteiger partial charge in [-0.3, -0.25) is 19.2 Å². The van der Waals surface area contributed by atoms with E-state index in [1.54, 1.807) is 0 Å². The van der Waals surface area contributed by atoms with E-state index in [2.05, 4.69) is 22.1 Å². The molecule has 0 saturated carbocycles. The van der Waals surface area contributed by atoms with Gasteiger partial charge in [0.15, 0.2) is 0 Å². The summed E-state index contributed by atoms with van der Waals surface area (Å²) in [5.74, 6) is 0.127. The van der Waals surface area contributed by atoms with Crippen LogP contribution in [0, 0.1) is 0 Å². The molecule has 112 valence electrons. The third-order valence-corrected chi connectivity index (χ3v) is 3.55. The fourth-order valence-corrected chi connectivity index (χ4v) is 2.21. The molecular formula is C12H21N5O3. The van der Waals surface area contributed by atoms with Gasteiger partial charge in [0.2, 0.25) is 0 Å². The van der Waals surface area contributed by atoms with E-state index in [4.69, 9.17) is 10.5 Å². The smallest absolute Gasteiger partial charge is 0.329 e. The molecular weight excluding hydrogens is 262 g/mol. The molecule has 2 rings (SSSR count). The second-order valence-electron chi connectivity index (χ2n) is 4.85. The number of likely N-dealkylation sites (N-methyl/N-ethyl adjacent to an activating group) is 1. The maximum Gasteiger partial charge on any atom is 0.329 e. The summed E-state index contributed by atoms with van der Waals surface area (Å²) in [5, 5.41) is 2.98. The zero-order chi connectivity index (χ0) is 14.7. The van der Waals surface area contributed by atoms with Gasteiger partial charge in [0, 0.05) is 26.7 Å². The number of aromatic nitrogens is 2. The van der Waals surface area contributed by atoms with Crippen molar-refractivity contribution in [2.45, 2.75) is 13.0 Å². The average molecular weight is 283 g/mol. The number of nitrogens with zero attached hydrogens (tertiary/aromatic N) is 2. The third kappa shape index (κ3) is 3.02. The lowest BCUT2D eigenvalue weighted by molar-refractivity contribution is -0.0191. The number of hydrogen-bond acceptors (Lipinski definition) is 6. The van der Waals surface area contributed by atoms with Gasteiger partial charge in [-0.25, -0.2) is 4.79 Å². The van der Waals surface area contributed by atoms with Gasteiger partial charge in [-0.1, -0.05) is 6.92 Å². The van der Waals surface area contributed by atoms with Gasteiger partial charge < -0.3 is 15.8 Å². The summed E-state index contributed by atoms with van der Waals surface area (Å²) in [5.41, 5.74) is 4.97. The molecule has 1 unspecified atom stereocenters. The Morgan fingerprint density at radius 1 is 1.50 bits per heavy atom. The predicted octanol–water partition coefficient (Wildman–Crippen LogP) is -1.21. The van der Waals surface area contributed by atoms with Crippen molar-refractivity contribution in [3.63, 3.8) is 0 Å². The standard InChI is InChI=1S/C12H21N5O3/c1-3-17-4-5-20-8(7-17)6-14-9-10(13)16(2)12(19)15-11(9)18/h8,14H,3-7,13H2,1-2H3,(H,15,18,19). The number of nitrogen functional groups attached to an aromatic ring is 1. The lowest BCUT2D eigenvalue weighted by atomic mass is 10.2. The van der Waals surface area contributed by atoms with Crippen molar-refractivity contribution >= 4 is 11.5 Å². The van der Waals surface area contributed by atoms with Gasteiger partial charge in [-0.05, 0) is 6.54 Å². The molecule has 1 aliphatic rings. The van der Waals surface area contributed by atoms with Crippen molar-refractivity contribution < 1.29 is 4.74 Å². The molecule has 8 heteroatoms. The van der Waals surface area contributed by atoms with Gasteiger partial charge >= 0.3 is 5.69 Å². The maximum atomic E-state index is 11.7. The molecule has 1 saturated heterocycles. The first-order valence-corrected chi connectivity index (χ1v) is 6.69. The Bertz CT molecular complexity index is 579. The number of rotatable bonds is 4. The normalized spacial score (nSPS) is 20.0. The van der Waals surface area contributed by atoms with Crippen molar-refractivity contribution in [3.05, 3.63) is 20.8 Å². The number of morpholine rings is 1. The highest BCUT2D eigenvalue weighted by atomic mass is 16.5. The zero-order valence-electron chi connectivity index (χ0n) is 11.8. The van der Waals surface area contributed by atoms with Crippen LogP contribution < -0.4 is 22.3 Å². The lowest BCUT2D eigenvalue weighted by Crippen LogP contribution is -2.45. The summed E-state index contributed by atoms with van der Waals surface area (Å²) < 4.78 is 6.84. The largest absolute Gasteiger partial charge is 0.383 e. The molecule has 0 aromatic carbocycles. The molecule has 2 heterocycles. The molecule has 0 spiro atoms. The van der Waals surface area contributed by atoms with Crippen molar-refractivity contribution in [1.82, 2.24) is 14.5 Å². The van der Waals surface area contributed by atoms with E-state index in [9.17, 15) is 9.59 Å². The molecule has 0 aliphatic carbocycles.